The summed E-state index contributed by atoms with van der Waals surface area (Å²) < 4.78 is 3.89. The van der Waals surface area contributed by atoms with Gasteiger partial charge >= 0.3 is 0 Å². The molecule has 0 radical (unpaired) electrons. The first-order chi connectivity index (χ1) is 9.22. The molecule has 0 aromatic carbocycles. The summed E-state index contributed by atoms with van der Waals surface area (Å²) in [4.78, 5) is 12.9. The lowest BCUT2D eigenvalue weighted by molar-refractivity contribution is 0.0937. The number of alkyl halides is 1. The lowest BCUT2D eigenvalue weighted by Gasteiger charge is -2.20. The summed E-state index contributed by atoms with van der Waals surface area (Å²) >= 11 is 7.53. The molecule has 106 valence electrons. The zero-order valence-corrected chi connectivity index (χ0v) is 12.8. The minimum absolute atomic E-state index is 0.0435. The average molecular weight is 302 g/mol. The second-order valence-electron chi connectivity index (χ2n) is 5.03. The number of carbonyl (C=O) groups excluding carboxylic acids is 1. The molecule has 1 saturated carbocycles. The molecule has 1 aromatic heterocycles. The number of aromatic nitrogens is 2. The van der Waals surface area contributed by atoms with Gasteiger partial charge in [-0.15, -0.1) is 16.7 Å². The molecule has 2 rings (SSSR count). The van der Waals surface area contributed by atoms with E-state index in [2.05, 4.69) is 21.8 Å². The molecule has 1 aliphatic carbocycles. The number of rotatable bonds is 4. The van der Waals surface area contributed by atoms with Gasteiger partial charge in [-0.05, 0) is 30.8 Å². The van der Waals surface area contributed by atoms with Gasteiger partial charge in [0.1, 0.15) is 4.88 Å². The van der Waals surface area contributed by atoms with Gasteiger partial charge in [0, 0.05) is 6.04 Å². The zero-order valence-electron chi connectivity index (χ0n) is 11.2. The number of hydrogen-bond acceptors (Lipinski definition) is 4. The van der Waals surface area contributed by atoms with Crippen LogP contribution >= 0.6 is 23.1 Å². The van der Waals surface area contributed by atoms with Crippen molar-refractivity contribution in [1.82, 2.24) is 14.9 Å². The Morgan fingerprint density at radius 3 is 3.00 bits per heavy atom. The minimum Gasteiger partial charge on any atom is -0.347 e. The molecular weight excluding hydrogens is 282 g/mol. The van der Waals surface area contributed by atoms with Crippen molar-refractivity contribution in [2.45, 2.75) is 63.3 Å². The fourth-order valence-electron chi connectivity index (χ4n) is 2.44. The van der Waals surface area contributed by atoms with E-state index < -0.39 is 0 Å². The minimum atomic E-state index is -0.0593. The monoisotopic (exact) mass is 301 g/mol. The first-order valence-electron chi connectivity index (χ1n) is 6.98. The first kappa shape index (κ1) is 14.7. The Labute approximate surface area is 123 Å². The van der Waals surface area contributed by atoms with Crippen molar-refractivity contribution in [2.75, 3.05) is 0 Å². The number of hydrogen-bond donors (Lipinski definition) is 1. The lowest BCUT2D eigenvalue weighted by Crippen LogP contribution is -2.40. The lowest BCUT2D eigenvalue weighted by atomic mass is 10.1. The summed E-state index contributed by atoms with van der Waals surface area (Å²) in [5.41, 5.74) is 0.810. The molecule has 19 heavy (non-hydrogen) atoms. The van der Waals surface area contributed by atoms with Crippen molar-refractivity contribution in [3.05, 3.63) is 10.6 Å². The summed E-state index contributed by atoms with van der Waals surface area (Å²) in [6.45, 7) is 2.07. The van der Waals surface area contributed by atoms with E-state index in [0.717, 1.165) is 44.2 Å². The Balaban J connectivity index is 2.01. The smallest absolute Gasteiger partial charge is 0.265 e. The van der Waals surface area contributed by atoms with Gasteiger partial charge in [0.25, 0.3) is 5.91 Å². The molecular formula is C13H20ClN3OS. The van der Waals surface area contributed by atoms with Crippen molar-refractivity contribution in [2.24, 2.45) is 0 Å². The number of carbonyl (C=O) groups is 1. The van der Waals surface area contributed by atoms with Gasteiger partial charge < -0.3 is 5.32 Å². The van der Waals surface area contributed by atoms with Crippen molar-refractivity contribution in [1.29, 1.82) is 0 Å². The highest BCUT2D eigenvalue weighted by atomic mass is 35.5. The maximum absolute atomic E-state index is 12.3. The van der Waals surface area contributed by atoms with Gasteiger partial charge in [-0.25, -0.2) is 0 Å². The SMILES string of the molecule is CCCc1nnsc1C(=O)NC1CCCCCC1Cl. The van der Waals surface area contributed by atoms with Crippen LogP contribution in [0.25, 0.3) is 0 Å². The van der Waals surface area contributed by atoms with E-state index >= 15 is 0 Å². The molecule has 1 amide bonds. The standard InChI is InChI=1S/C13H20ClN3OS/c1-2-6-11-12(19-17-16-11)13(18)15-10-8-5-3-4-7-9(10)14/h9-10H,2-8H2,1H3,(H,15,18). The van der Waals surface area contributed by atoms with Crippen LogP contribution in [-0.4, -0.2) is 26.9 Å². The van der Waals surface area contributed by atoms with Crippen LogP contribution in [0.3, 0.4) is 0 Å². The first-order valence-corrected chi connectivity index (χ1v) is 8.19. The number of nitrogens with one attached hydrogen (secondary N) is 1. The van der Waals surface area contributed by atoms with E-state index in [1.165, 1.54) is 18.0 Å². The molecule has 1 aromatic rings. The number of aryl methyl sites for hydroxylation is 1. The van der Waals surface area contributed by atoms with Gasteiger partial charge in [0.15, 0.2) is 0 Å². The predicted molar refractivity (Wildman–Crippen MR) is 77.9 cm³/mol. The third kappa shape index (κ3) is 3.89. The number of nitrogens with zero attached hydrogens (tertiary/aromatic N) is 2. The Hall–Kier alpha value is -0.680. The van der Waals surface area contributed by atoms with Crippen LogP contribution in [0.2, 0.25) is 0 Å². The zero-order chi connectivity index (χ0) is 13.7. The Morgan fingerprint density at radius 1 is 1.42 bits per heavy atom. The second-order valence-corrected chi connectivity index (χ2v) is 6.35. The van der Waals surface area contributed by atoms with Gasteiger partial charge in [-0.2, -0.15) is 0 Å². The van der Waals surface area contributed by atoms with Crippen LogP contribution in [0.4, 0.5) is 0 Å². The maximum atomic E-state index is 12.3. The largest absolute Gasteiger partial charge is 0.347 e. The van der Waals surface area contributed by atoms with Crippen molar-refractivity contribution in [3.8, 4) is 0 Å². The fraction of sp³-hybridized carbons (Fsp3) is 0.769. The van der Waals surface area contributed by atoms with Crippen molar-refractivity contribution < 1.29 is 4.79 Å². The van der Waals surface area contributed by atoms with Crippen LogP contribution in [0, 0.1) is 0 Å². The molecule has 0 bridgehead atoms. The van der Waals surface area contributed by atoms with E-state index in [0.29, 0.717) is 4.88 Å². The molecule has 1 aliphatic rings. The van der Waals surface area contributed by atoms with Gasteiger partial charge in [0.05, 0.1) is 11.1 Å². The van der Waals surface area contributed by atoms with Crippen LogP contribution in [0.15, 0.2) is 0 Å². The van der Waals surface area contributed by atoms with E-state index in [-0.39, 0.29) is 17.3 Å². The molecule has 4 nitrogen and oxygen atoms in total. The van der Waals surface area contributed by atoms with E-state index in [4.69, 9.17) is 11.6 Å². The molecule has 0 saturated heterocycles. The van der Waals surface area contributed by atoms with Crippen LogP contribution < -0.4 is 5.32 Å². The highest BCUT2D eigenvalue weighted by Crippen LogP contribution is 2.23. The van der Waals surface area contributed by atoms with E-state index in [1.807, 2.05) is 0 Å². The van der Waals surface area contributed by atoms with Crippen molar-refractivity contribution in [3.63, 3.8) is 0 Å². The Morgan fingerprint density at radius 2 is 2.21 bits per heavy atom. The Bertz CT molecular complexity index is 424. The molecule has 2 atom stereocenters. The molecule has 6 heteroatoms. The van der Waals surface area contributed by atoms with E-state index in [1.54, 1.807) is 0 Å². The highest BCUT2D eigenvalue weighted by Gasteiger charge is 2.25. The molecule has 1 fully saturated rings. The topological polar surface area (TPSA) is 54.9 Å². The summed E-state index contributed by atoms with van der Waals surface area (Å²) in [5, 5.41) is 7.15. The summed E-state index contributed by atoms with van der Waals surface area (Å²) in [6, 6.07) is 0.0771. The maximum Gasteiger partial charge on any atom is 0.265 e. The van der Waals surface area contributed by atoms with Crippen LogP contribution in [-0.2, 0) is 6.42 Å². The fourth-order valence-corrected chi connectivity index (χ4v) is 3.39. The summed E-state index contributed by atoms with van der Waals surface area (Å²) in [5.74, 6) is -0.0593. The average Bonchev–Trinajstić information content (AvgIpc) is 2.76. The Kier molecular flexibility index (Phi) is 5.58. The van der Waals surface area contributed by atoms with Gasteiger partial charge in [-0.1, -0.05) is 37.1 Å². The quantitative estimate of drug-likeness (QED) is 0.686. The molecule has 2 unspecified atom stereocenters. The predicted octanol–water partition coefficient (Wildman–Crippen LogP) is 3.16. The number of halogens is 1. The van der Waals surface area contributed by atoms with Crippen LogP contribution in [0.1, 0.15) is 60.8 Å². The molecule has 0 spiro atoms. The van der Waals surface area contributed by atoms with Crippen molar-refractivity contribution >= 4 is 29.0 Å². The third-order valence-corrected chi connectivity index (χ3v) is 4.79. The summed E-state index contributed by atoms with van der Waals surface area (Å²) in [7, 11) is 0. The van der Waals surface area contributed by atoms with E-state index in [9.17, 15) is 4.79 Å². The highest BCUT2D eigenvalue weighted by molar-refractivity contribution is 7.08. The molecule has 0 aliphatic heterocycles. The number of amides is 1. The molecule has 1 N–H and O–H groups in total. The third-order valence-electron chi connectivity index (χ3n) is 3.50. The van der Waals surface area contributed by atoms with Crippen LogP contribution in [0.5, 0.6) is 0 Å². The second kappa shape index (κ2) is 7.20. The van der Waals surface area contributed by atoms with Gasteiger partial charge in [0.2, 0.25) is 0 Å². The normalized spacial score (nSPS) is 23.9. The molecule has 1 heterocycles. The summed E-state index contributed by atoms with van der Waals surface area (Å²) in [6.07, 6.45) is 7.21. The van der Waals surface area contributed by atoms with Gasteiger partial charge in [-0.3, -0.25) is 4.79 Å².